The van der Waals surface area contributed by atoms with Crippen LogP contribution in [0.5, 0.6) is 0 Å². The highest BCUT2D eigenvalue weighted by atomic mass is 79.9. The number of amides is 1. The van der Waals surface area contributed by atoms with Crippen molar-refractivity contribution in [3.8, 4) is 0 Å². The quantitative estimate of drug-likeness (QED) is 0.796. The Morgan fingerprint density at radius 2 is 2.23 bits per heavy atom. The van der Waals surface area contributed by atoms with Crippen LogP contribution in [-0.2, 0) is 4.74 Å². The van der Waals surface area contributed by atoms with Gasteiger partial charge in [0.15, 0.2) is 11.9 Å². The summed E-state index contributed by atoms with van der Waals surface area (Å²) in [7, 11) is 0. The molecule has 6 nitrogen and oxygen atoms in total. The molecule has 1 aromatic carbocycles. The van der Waals surface area contributed by atoms with E-state index in [4.69, 9.17) is 10.5 Å². The lowest BCUT2D eigenvalue weighted by Crippen LogP contribution is -2.35. The van der Waals surface area contributed by atoms with Crippen LogP contribution in [0, 0.1) is 0 Å². The highest BCUT2D eigenvalue weighted by Gasteiger charge is 2.29. The molecule has 2 aromatic rings. The predicted octanol–water partition coefficient (Wildman–Crippen LogP) is 3.45. The number of halogens is 1. The van der Waals surface area contributed by atoms with Crippen LogP contribution >= 0.6 is 15.9 Å². The Hall–Kier alpha value is -1.44. The van der Waals surface area contributed by atoms with Crippen molar-refractivity contribution in [3.63, 3.8) is 0 Å². The smallest absolute Gasteiger partial charge is 0.269 e. The van der Waals surface area contributed by atoms with Gasteiger partial charge in [-0.25, -0.2) is 4.68 Å². The number of hydrogen-bond acceptors (Lipinski definition) is 4. The molecule has 2 saturated heterocycles. The maximum absolute atomic E-state index is 12.2. The Morgan fingerprint density at radius 1 is 1.38 bits per heavy atom. The Morgan fingerprint density at radius 3 is 2.92 bits per heavy atom. The average Bonchev–Trinajstić information content (AvgIpc) is 3.02. The summed E-state index contributed by atoms with van der Waals surface area (Å²) in [5, 5.41) is 8.99. The first-order valence-electron chi connectivity index (χ1n) is 9.41. The van der Waals surface area contributed by atoms with Gasteiger partial charge >= 0.3 is 0 Å². The van der Waals surface area contributed by atoms with Crippen molar-refractivity contribution in [3.05, 3.63) is 27.9 Å². The zero-order valence-corrected chi connectivity index (χ0v) is 16.6. The molecule has 2 aliphatic rings. The van der Waals surface area contributed by atoms with Crippen molar-refractivity contribution in [2.45, 2.75) is 57.2 Å². The fourth-order valence-electron chi connectivity index (χ4n) is 4.34. The SMILES string of the molecule is CC1CC(c2c(Br)ccc3c2c(C(N)=O)nn3C2CCCCO2)CCN1. The third kappa shape index (κ3) is 3.17. The second kappa shape index (κ2) is 7.29. The van der Waals surface area contributed by atoms with Gasteiger partial charge < -0.3 is 15.8 Å². The van der Waals surface area contributed by atoms with Crippen molar-refractivity contribution in [2.75, 3.05) is 13.2 Å². The summed E-state index contributed by atoms with van der Waals surface area (Å²) in [5.74, 6) is -0.113. The van der Waals surface area contributed by atoms with Gasteiger partial charge in [0.05, 0.1) is 5.52 Å². The van der Waals surface area contributed by atoms with Crippen LogP contribution in [0.1, 0.15) is 67.2 Å². The number of primary amides is 1. The minimum atomic E-state index is -0.481. The Balaban J connectivity index is 1.89. The lowest BCUT2D eigenvalue weighted by molar-refractivity contribution is -0.0367. The number of ether oxygens (including phenoxy) is 1. The number of carbonyl (C=O) groups excluding carboxylic acids is 1. The molecular formula is C19H25BrN4O2. The van der Waals surface area contributed by atoms with Crippen molar-refractivity contribution < 1.29 is 9.53 Å². The Labute approximate surface area is 161 Å². The monoisotopic (exact) mass is 420 g/mol. The van der Waals surface area contributed by atoms with Gasteiger partial charge in [-0.05, 0) is 69.2 Å². The molecule has 7 heteroatoms. The molecule has 1 amide bonds. The zero-order valence-electron chi connectivity index (χ0n) is 15.0. The fourth-order valence-corrected chi connectivity index (χ4v) is 4.99. The summed E-state index contributed by atoms with van der Waals surface area (Å²) in [6.45, 7) is 3.90. The van der Waals surface area contributed by atoms with E-state index in [0.29, 0.717) is 17.7 Å². The number of carbonyl (C=O) groups is 1. The van der Waals surface area contributed by atoms with Crippen LogP contribution in [0.4, 0.5) is 0 Å². The number of nitrogens with zero attached hydrogens (tertiary/aromatic N) is 2. The number of hydrogen-bond donors (Lipinski definition) is 2. The molecule has 140 valence electrons. The third-order valence-corrected chi connectivity index (χ3v) is 6.25. The second-order valence-electron chi connectivity index (χ2n) is 7.41. The van der Waals surface area contributed by atoms with E-state index in [1.807, 2.05) is 10.7 Å². The Bertz CT molecular complexity index is 829. The van der Waals surface area contributed by atoms with Gasteiger partial charge in [-0.15, -0.1) is 0 Å². The molecular weight excluding hydrogens is 396 g/mol. The fraction of sp³-hybridized carbons (Fsp3) is 0.579. The molecule has 26 heavy (non-hydrogen) atoms. The van der Waals surface area contributed by atoms with Crippen LogP contribution in [0.2, 0.25) is 0 Å². The number of piperidine rings is 1. The van der Waals surface area contributed by atoms with E-state index in [9.17, 15) is 4.79 Å². The summed E-state index contributed by atoms with van der Waals surface area (Å²) in [5.41, 5.74) is 8.17. The van der Waals surface area contributed by atoms with E-state index in [1.165, 1.54) is 0 Å². The molecule has 0 aliphatic carbocycles. The average molecular weight is 421 g/mol. The van der Waals surface area contributed by atoms with E-state index < -0.39 is 5.91 Å². The second-order valence-corrected chi connectivity index (χ2v) is 8.26. The predicted molar refractivity (Wildman–Crippen MR) is 104 cm³/mol. The lowest BCUT2D eigenvalue weighted by atomic mass is 9.84. The molecule has 2 fully saturated rings. The first-order valence-corrected chi connectivity index (χ1v) is 10.2. The van der Waals surface area contributed by atoms with E-state index in [-0.39, 0.29) is 6.23 Å². The number of rotatable bonds is 3. The number of nitrogens with one attached hydrogen (secondary N) is 1. The molecule has 3 atom stereocenters. The van der Waals surface area contributed by atoms with Gasteiger partial charge in [0.1, 0.15) is 0 Å². The highest BCUT2D eigenvalue weighted by molar-refractivity contribution is 9.10. The lowest BCUT2D eigenvalue weighted by Gasteiger charge is -2.29. The van der Waals surface area contributed by atoms with Gasteiger partial charge in [-0.1, -0.05) is 15.9 Å². The summed E-state index contributed by atoms with van der Waals surface area (Å²) in [6, 6.07) is 4.53. The van der Waals surface area contributed by atoms with Gasteiger partial charge in [0.2, 0.25) is 0 Å². The first kappa shape index (κ1) is 17.9. The highest BCUT2D eigenvalue weighted by Crippen LogP contribution is 2.40. The van der Waals surface area contributed by atoms with Crippen molar-refractivity contribution >= 4 is 32.7 Å². The van der Waals surface area contributed by atoms with Gasteiger partial charge in [0.25, 0.3) is 5.91 Å². The third-order valence-electron chi connectivity index (χ3n) is 5.56. The molecule has 0 bridgehead atoms. The molecule has 3 unspecified atom stereocenters. The van der Waals surface area contributed by atoms with E-state index in [1.54, 1.807) is 0 Å². The molecule has 0 saturated carbocycles. The molecule has 3 heterocycles. The van der Waals surface area contributed by atoms with Gasteiger partial charge in [-0.3, -0.25) is 4.79 Å². The maximum atomic E-state index is 12.2. The number of benzene rings is 1. The number of fused-ring (bicyclic) bond motifs is 1. The van der Waals surface area contributed by atoms with Crippen molar-refractivity contribution in [1.29, 1.82) is 0 Å². The molecule has 2 aliphatic heterocycles. The summed E-state index contributed by atoms with van der Waals surface area (Å²) >= 11 is 3.72. The minimum Gasteiger partial charge on any atom is -0.364 e. The van der Waals surface area contributed by atoms with E-state index >= 15 is 0 Å². The van der Waals surface area contributed by atoms with Crippen molar-refractivity contribution in [1.82, 2.24) is 15.1 Å². The minimum absolute atomic E-state index is 0.125. The standard InChI is InChI=1S/C19H25BrN4O2/c1-11-10-12(7-8-22-11)16-13(20)5-6-14-17(16)18(19(21)25)23-24(14)15-4-2-3-9-26-15/h5-6,11-12,15,22H,2-4,7-10H2,1H3,(H2,21,25). The normalized spacial score (nSPS) is 26.9. The van der Waals surface area contributed by atoms with Crippen LogP contribution in [0.25, 0.3) is 10.9 Å². The Kier molecular flexibility index (Phi) is 5.03. The maximum Gasteiger partial charge on any atom is 0.269 e. The topological polar surface area (TPSA) is 82.2 Å². The summed E-state index contributed by atoms with van der Waals surface area (Å²) < 4.78 is 8.82. The largest absolute Gasteiger partial charge is 0.364 e. The van der Waals surface area contributed by atoms with Gasteiger partial charge in [-0.2, -0.15) is 5.10 Å². The number of nitrogens with two attached hydrogens (primary N) is 1. The zero-order chi connectivity index (χ0) is 18.3. The summed E-state index contributed by atoms with van der Waals surface area (Å²) in [6.07, 6.45) is 5.02. The summed E-state index contributed by atoms with van der Waals surface area (Å²) in [4.78, 5) is 12.2. The first-order chi connectivity index (χ1) is 12.6. The molecule has 1 aromatic heterocycles. The van der Waals surface area contributed by atoms with Gasteiger partial charge in [0, 0.05) is 22.5 Å². The molecule has 4 rings (SSSR count). The van der Waals surface area contributed by atoms with Crippen molar-refractivity contribution in [2.24, 2.45) is 5.73 Å². The van der Waals surface area contributed by atoms with Crippen LogP contribution in [0.3, 0.4) is 0 Å². The van der Waals surface area contributed by atoms with Crippen LogP contribution < -0.4 is 11.1 Å². The van der Waals surface area contributed by atoms with Crippen LogP contribution in [0.15, 0.2) is 16.6 Å². The van der Waals surface area contributed by atoms with Crippen LogP contribution in [-0.4, -0.2) is 34.9 Å². The number of aromatic nitrogens is 2. The van der Waals surface area contributed by atoms with E-state index in [0.717, 1.165) is 66.2 Å². The molecule has 0 radical (unpaired) electrons. The molecule has 0 spiro atoms. The molecule has 3 N–H and O–H groups in total. The van der Waals surface area contributed by atoms with E-state index in [2.05, 4.69) is 39.3 Å².